The molecule has 0 radical (unpaired) electrons. The maximum atomic E-state index is 10.2. The third-order valence-electron chi connectivity index (χ3n) is 5.01. The molecule has 4 aromatic rings. The quantitative estimate of drug-likeness (QED) is 0.197. The van der Waals surface area contributed by atoms with Crippen LogP contribution in [-0.2, 0) is 19.5 Å². The number of H-pyrrole nitrogens is 2. The van der Waals surface area contributed by atoms with E-state index in [2.05, 4.69) is 56.3 Å². The third-order valence-corrected chi connectivity index (χ3v) is 5.01. The van der Waals surface area contributed by atoms with Gasteiger partial charge >= 0.3 is 5.97 Å². The first-order valence-corrected chi connectivity index (χ1v) is 10.3. The average molecular weight is 497 g/mol. The van der Waals surface area contributed by atoms with Gasteiger partial charge in [0.15, 0.2) is 0 Å². The zero-order valence-electron chi connectivity index (χ0n) is 18.2. The van der Waals surface area contributed by atoms with Crippen molar-refractivity contribution in [1.82, 2.24) is 19.9 Å². The maximum Gasteiger partial charge on any atom is 0.311 e. The number of aromatic nitrogens is 4. The van der Waals surface area contributed by atoms with Gasteiger partial charge in [0, 0.05) is 41.5 Å². The largest absolute Gasteiger partial charge is 0.479 e. The van der Waals surface area contributed by atoms with Gasteiger partial charge in [0.05, 0.1) is 22.8 Å². The Morgan fingerprint density at radius 3 is 1.47 bits per heavy atom. The molecule has 5 heterocycles. The van der Waals surface area contributed by atoms with Crippen LogP contribution in [0.25, 0.3) is 46.4 Å². The Kier molecular flexibility index (Phi) is 6.95. The SMILES string of the molecule is C1=Cc2cc3ccc(cc4ccc(cc5nc(cc1n2)C=C5)[nH]4)[nH]3.O=C(O)c1cc[c-]cc1.[Zn]. The normalized spacial score (nSPS) is 11.3. The molecule has 0 saturated carbocycles. The number of aromatic carboxylic acids is 1. The van der Waals surface area contributed by atoms with Crippen molar-refractivity contribution >= 4 is 52.3 Å². The Balaban J connectivity index is 0.000000234. The van der Waals surface area contributed by atoms with Gasteiger partial charge in [-0.1, -0.05) is 0 Å². The van der Waals surface area contributed by atoms with Crippen molar-refractivity contribution in [2.24, 2.45) is 0 Å². The number of aromatic amines is 2. The molecule has 8 bridgehead atoms. The van der Waals surface area contributed by atoms with Gasteiger partial charge in [-0.2, -0.15) is 30.3 Å². The van der Waals surface area contributed by atoms with Crippen molar-refractivity contribution in [3.63, 3.8) is 0 Å². The van der Waals surface area contributed by atoms with E-state index in [4.69, 9.17) is 5.11 Å². The Hall–Kier alpha value is -4.09. The van der Waals surface area contributed by atoms with Crippen molar-refractivity contribution in [2.75, 3.05) is 0 Å². The van der Waals surface area contributed by atoms with Crippen molar-refractivity contribution in [2.45, 2.75) is 0 Å². The van der Waals surface area contributed by atoms with Crippen LogP contribution in [0.4, 0.5) is 0 Å². The molecule has 162 valence electrons. The predicted octanol–water partition coefficient (Wildman–Crippen LogP) is 5.84. The fourth-order valence-corrected chi connectivity index (χ4v) is 3.47. The number of fused-ring (bicyclic) bond motifs is 8. The Morgan fingerprint density at radius 1 is 0.647 bits per heavy atom. The Bertz CT molecular complexity index is 1460. The summed E-state index contributed by atoms with van der Waals surface area (Å²) >= 11 is 0. The zero-order chi connectivity index (χ0) is 22.6. The van der Waals surface area contributed by atoms with Crippen LogP contribution in [0.2, 0.25) is 0 Å². The summed E-state index contributed by atoms with van der Waals surface area (Å²) in [7, 11) is 0. The minimum Gasteiger partial charge on any atom is -0.479 e. The van der Waals surface area contributed by atoms with E-state index < -0.39 is 5.97 Å². The average Bonchev–Trinajstić information content (AvgIpc) is 3.61. The predicted molar refractivity (Wildman–Crippen MR) is 131 cm³/mol. The first kappa shape index (κ1) is 23.1. The van der Waals surface area contributed by atoms with Crippen LogP contribution in [0.3, 0.4) is 0 Å². The molecule has 6 nitrogen and oxygen atoms in total. The van der Waals surface area contributed by atoms with E-state index in [1.807, 2.05) is 42.5 Å². The molecule has 7 heteroatoms. The summed E-state index contributed by atoms with van der Waals surface area (Å²) in [6.45, 7) is 0. The topological polar surface area (TPSA) is 94.7 Å². The molecule has 3 aromatic heterocycles. The number of hydrogen-bond donors (Lipinski definition) is 3. The molecule has 0 unspecified atom stereocenters. The van der Waals surface area contributed by atoms with Crippen LogP contribution >= 0.6 is 0 Å². The van der Waals surface area contributed by atoms with Crippen molar-refractivity contribution < 1.29 is 29.4 Å². The molecule has 0 aliphatic carbocycles. The van der Waals surface area contributed by atoms with E-state index in [1.54, 1.807) is 12.1 Å². The number of nitrogens with zero attached hydrogens (tertiary/aromatic N) is 2. The van der Waals surface area contributed by atoms with Crippen LogP contribution in [-0.4, -0.2) is 31.0 Å². The standard InChI is InChI=1S/C20H14N4.C7H5O2.Zn/c1-2-14-10-16-5-6-18(23-16)12-20-8-7-19(24-20)11-17-4-3-15(22-17)9-13(1)21-14;8-7(9)6-4-2-1-3-5-6;/h1-12,21-22H;2-5H,(H,8,9);/q;-1;. The fraction of sp³-hybridized carbons (Fsp3) is 0. The molecule has 1 aromatic carbocycles. The molecule has 3 N–H and O–H groups in total. The molecule has 0 atom stereocenters. The monoisotopic (exact) mass is 495 g/mol. The molecule has 2 aliphatic heterocycles. The summed E-state index contributed by atoms with van der Waals surface area (Å²) in [5.74, 6) is -0.899. The molecule has 0 amide bonds. The molecule has 34 heavy (non-hydrogen) atoms. The number of carboxylic acids is 1. The Labute approximate surface area is 208 Å². The summed E-state index contributed by atoms with van der Waals surface area (Å²) < 4.78 is 0. The van der Waals surface area contributed by atoms with Gasteiger partial charge in [-0.05, 0) is 78.4 Å². The van der Waals surface area contributed by atoms with Crippen molar-refractivity contribution in [3.05, 3.63) is 107 Å². The Morgan fingerprint density at radius 2 is 1.06 bits per heavy atom. The van der Waals surface area contributed by atoms with Gasteiger partial charge < -0.3 is 15.1 Å². The summed E-state index contributed by atoms with van der Waals surface area (Å²) in [5, 5.41) is 8.37. The van der Waals surface area contributed by atoms with Crippen LogP contribution < -0.4 is 0 Å². The first-order valence-electron chi connectivity index (χ1n) is 10.3. The van der Waals surface area contributed by atoms with Gasteiger partial charge in [0.2, 0.25) is 0 Å². The van der Waals surface area contributed by atoms with Gasteiger partial charge in [-0.15, -0.1) is 0 Å². The van der Waals surface area contributed by atoms with Crippen LogP contribution in [0.1, 0.15) is 33.1 Å². The maximum absolute atomic E-state index is 10.2. The number of carbonyl (C=O) groups is 1. The molecular weight excluding hydrogens is 478 g/mol. The molecule has 6 rings (SSSR count). The van der Waals surface area contributed by atoms with E-state index in [0.717, 1.165) is 44.8 Å². The molecule has 2 aliphatic rings. The number of rotatable bonds is 1. The smallest absolute Gasteiger partial charge is 0.311 e. The van der Waals surface area contributed by atoms with Crippen LogP contribution in [0.15, 0.2) is 72.8 Å². The molecular formula is C27H19N4O2Zn-. The zero-order valence-corrected chi connectivity index (χ0v) is 21.2. The van der Waals surface area contributed by atoms with E-state index in [-0.39, 0.29) is 19.5 Å². The van der Waals surface area contributed by atoms with Crippen LogP contribution in [0.5, 0.6) is 0 Å². The summed E-state index contributed by atoms with van der Waals surface area (Å²) in [4.78, 5) is 26.2. The number of hydrogen-bond acceptors (Lipinski definition) is 3. The minimum absolute atomic E-state index is 0. The van der Waals surface area contributed by atoms with E-state index in [1.165, 1.54) is 12.1 Å². The summed E-state index contributed by atoms with van der Waals surface area (Å²) in [6, 6.07) is 25.3. The van der Waals surface area contributed by atoms with E-state index >= 15 is 0 Å². The second-order valence-electron chi connectivity index (χ2n) is 7.50. The van der Waals surface area contributed by atoms with Crippen molar-refractivity contribution in [1.29, 1.82) is 0 Å². The van der Waals surface area contributed by atoms with Gasteiger partial charge in [-0.3, -0.25) is 0 Å². The van der Waals surface area contributed by atoms with Gasteiger partial charge in [-0.25, -0.2) is 14.8 Å². The second kappa shape index (κ2) is 10.2. The summed E-state index contributed by atoms with van der Waals surface area (Å²) in [6.07, 6.45) is 8.05. The molecule has 0 spiro atoms. The fourth-order valence-electron chi connectivity index (χ4n) is 3.47. The van der Waals surface area contributed by atoms with Gasteiger partial charge in [0.25, 0.3) is 0 Å². The molecule has 0 saturated heterocycles. The van der Waals surface area contributed by atoms with Crippen LogP contribution in [0, 0.1) is 6.07 Å². The molecule has 0 fully saturated rings. The van der Waals surface area contributed by atoms with Gasteiger partial charge in [0.1, 0.15) is 0 Å². The number of nitrogens with one attached hydrogen (secondary N) is 2. The second-order valence-corrected chi connectivity index (χ2v) is 7.50. The summed E-state index contributed by atoms with van der Waals surface area (Å²) in [5.41, 5.74) is 8.16. The van der Waals surface area contributed by atoms with E-state index in [0.29, 0.717) is 5.56 Å². The first-order chi connectivity index (χ1) is 16.1. The van der Waals surface area contributed by atoms with Crippen molar-refractivity contribution in [3.8, 4) is 0 Å². The number of carboxylic acid groups (broad SMARTS) is 1. The third kappa shape index (κ3) is 5.63. The minimum atomic E-state index is -0.899. The van der Waals surface area contributed by atoms with E-state index in [9.17, 15) is 4.79 Å². The number of benzene rings is 1.